The highest BCUT2D eigenvalue weighted by Gasteiger charge is 2.45. The molecule has 28 heavy (non-hydrogen) atoms. The van der Waals surface area contributed by atoms with Gasteiger partial charge in [0, 0.05) is 13.5 Å². The van der Waals surface area contributed by atoms with Gasteiger partial charge in [0.2, 0.25) is 5.91 Å². The molecule has 1 rings (SSSR count). The van der Waals surface area contributed by atoms with Gasteiger partial charge in [0.25, 0.3) is 0 Å². The van der Waals surface area contributed by atoms with Crippen LogP contribution in [0.1, 0.15) is 6.92 Å². The summed E-state index contributed by atoms with van der Waals surface area (Å²) in [5.74, 6) is -1.36. The van der Waals surface area contributed by atoms with Crippen molar-refractivity contribution in [3.8, 4) is 0 Å². The number of carbonyl (C=O) groups is 2. The number of amides is 1. The Balaban J connectivity index is 2.31. The topological polar surface area (TPSA) is 159 Å². The smallest absolute Gasteiger partial charge is 0.217 e. The van der Waals surface area contributed by atoms with Gasteiger partial charge in [0.15, 0.2) is 6.29 Å². The van der Waals surface area contributed by atoms with Crippen LogP contribution < -0.4 is 11.1 Å². The van der Waals surface area contributed by atoms with Crippen LogP contribution in [0.15, 0.2) is 0 Å². The summed E-state index contributed by atoms with van der Waals surface area (Å²) >= 11 is 0. The van der Waals surface area contributed by atoms with Crippen molar-refractivity contribution >= 4 is 12.2 Å². The van der Waals surface area contributed by atoms with Crippen molar-refractivity contribution in [2.24, 2.45) is 11.7 Å². The van der Waals surface area contributed by atoms with E-state index in [9.17, 15) is 19.8 Å². The fourth-order valence-electron chi connectivity index (χ4n) is 2.69. The average Bonchev–Trinajstić information content (AvgIpc) is 2.67. The minimum atomic E-state index is -1.25. The van der Waals surface area contributed by atoms with Crippen LogP contribution in [-0.4, -0.2) is 106 Å². The van der Waals surface area contributed by atoms with Gasteiger partial charge in [-0.3, -0.25) is 4.79 Å². The third-order valence-electron chi connectivity index (χ3n) is 4.02. The third-order valence-corrected chi connectivity index (χ3v) is 4.02. The molecule has 0 aromatic rings. The first kappa shape index (κ1) is 24.9. The molecule has 5 atom stereocenters. The second-order valence-electron chi connectivity index (χ2n) is 6.15. The lowest BCUT2D eigenvalue weighted by Crippen LogP contribution is -2.62. The van der Waals surface area contributed by atoms with Gasteiger partial charge < -0.3 is 49.7 Å². The average molecular weight is 408 g/mol. The van der Waals surface area contributed by atoms with E-state index in [2.05, 4.69) is 5.32 Å². The first-order valence-corrected chi connectivity index (χ1v) is 9.26. The molecular weight excluding hydrogens is 376 g/mol. The van der Waals surface area contributed by atoms with Crippen LogP contribution in [-0.2, 0) is 33.3 Å². The second kappa shape index (κ2) is 14.8. The highest BCUT2D eigenvalue weighted by atomic mass is 16.7. The van der Waals surface area contributed by atoms with Crippen LogP contribution in [0.25, 0.3) is 0 Å². The molecule has 0 unspecified atom stereocenters. The Hall–Kier alpha value is -1.18. The second-order valence-corrected chi connectivity index (χ2v) is 6.15. The highest BCUT2D eigenvalue weighted by molar-refractivity contribution is 5.74. The molecule has 0 aliphatic carbocycles. The number of nitrogens with one attached hydrogen (secondary N) is 1. The molecular formula is C17H32N2O9. The fraction of sp³-hybridized carbons (Fsp3) is 0.882. The van der Waals surface area contributed by atoms with Gasteiger partial charge in [-0.05, 0) is 0 Å². The monoisotopic (exact) mass is 408 g/mol. The Labute approximate surface area is 164 Å². The molecule has 11 heteroatoms. The Morgan fingerprint density at radius 1 is 1.11 bits per heavy atom. The molecule has 11 nitrogen and oxygen atoms in total. The lowest BCUT2D eigenvalue weighted by atomic mass is 9.88. The van der Waals surface area contributed by atoms with Gasteiger partial charge in [0.05, 0.1) is 70.9 Å². The number of aliphatic hydroxyl groups is 2. The quantitative estimate of drug-likeness (QED) is 0.167. The van der Waals surface area contributed by atoms with Crippen LogP contribution in [0.3, 0.4) is 0 Å². The number of carbonyl (C=O) groups excluding carboxylic acids is 2. The molecule has 1 aliphatic rings. The summed E-state index contributed by atoms with van der Waals surface area (Å²) in [5.41, 5.74) is 5.29. The zero-order valence-electron chi connectivity index (χ0n) is 16.2. The van der Waals surface area contributed by atoms with Crippen molar-refractivity contribution in [3.63, 3.8) is 0 Å². The number of aliphatic hydroxyl groups excluding tert-OH is 2. The van der Waals surface area contributed by atoms with Gasteiger partial charge in [-0.2, -0.15) is 0 Å². The molecule has 0 aromatic carbocycles. The standard InChI is InChI=1S/C17H32N2O9/c1-12(22)19-15-13(10-20)16(23)14(11-21)28-17(15)27-9-8-26-7-6-25-5-4-24-3-2-18/h10,13-17,21,23H,2-9,11,18H2,1H3,(H,19,22)/t13-,14-,15-,16-,17+/m1/s1. The fourth-order valence-corrected chi connectivity index (χ4v) is 2.69. The minimum Gasteiger partial charge on any atom is -0.394 e. The van der Waals surface area contributed by atoms with E-state index in [-0.39, 0.29) is 13.2 Å². The zero-order valence-corrected chi connectivity index (χ0v) is 16.2. The lowest BCUT2D eigenvalue weighted by Gasteiger charge is -2.42. The summed E-state index contributed by atoms with van der Waals surface area (Å²) in [6.07, 6.45) is -2.71. The molecule has 1 amide bonds. The van der Waals surface area contributed by atoms with Crippen LogP contribution in [0, 0.1) is 5.92 Å². The molecule has 1 fully saturated rings. The van der Waals surface area contributed by atoms with Crippen LogP contribution >= 0.6 is 0 Å². The van der Waals surface area contributed by atoms with Crippen molar-refractivity contribution < 1.29 is 43.5 Å². The van der Waals surface area contributed by atoms with Crippen LogP contribution in [0.2, 0.25) is 0 Å². The predicted octanol–water partition coefficient (Wildman–Crippen LogP) is -2.59. The van der Waals surface area contributed by atoms with E-state index in [4.69, 9.17) is 29.4 Å². The van der Waals surface area contributed by atoms with Crippen molar-refractivity contribution in [1.82, 2.24) is 5.32 Å². The number of hydrogen-bond donors (Lipinski definition) is 4. The SMILES string of the molecule is CC(=O)N[C@H]1[C@@H](OCCOCCOCCOCCN)O[C@H](CO)[C@H](O)[C@@H]1C=O. The van der Waals surface area contributed by atoms with Gasteiger partial charge in [-0.15, -0.1) is 0 Å². The highest BCUT2D eigenvalue weighted by Crippen LogP contribution is 2.25. The summed E-state index contributed by atoms with van der Waals surface area (Å²) in [6, 6.07) is -0.871. The number of aldehydes is 1. The molecule has 0 radical (unpaired) electrons. The molecule has 0 spiro atoms. The van der Waals surface area contributed by atoms with E-state index < -0.39 is 43.0 Å². The zero-order chi connectivity index (χ0) is 20.8. The number of nitrogens with two attached hydrogens (primary N) is 1. The van der Waals surface area contributed by atoms with Crippen molar-refractivity contribution in [1.29, 1.82) is 0 Å². The third kappa shape index (κ3) is 8.88. The molecule has 1 heterocycles. The van der Waals surface area contributed by atoms with Gasteiger partial charge in [0.1, 0.15) is 12.4 Å². The number of ether oxygens (including phenoxy) is 5. The van der Waals surface area contributed by atoms with E-state index in [0.717, 1.165) is 0 Å². The Morgan fingerprint density at radius 3 is 2.18 bits per heavy atom. The van der Waals surface area contributed by atoms with Crippen LogP contribution in [0.5, 0.6) is 0 Å². The van der Waals surface area contributed by atoms with Crippen molar-refractivity contribution in [2.45, 2.75) is 31.5 Å². The predicted molar refractivity (Wildman–Crippen MR) is 96.4 cm³/mol. The van der Waals surface area contributed by atoms with Crippen molar-refractivity contribution in [3.05, 3.63) is 0 Å². The largest absolute Gasteiger partial charge is 0.394 e. The normalized spacial score (nSPS) is 27.5. The molecule has 0 bridgehead atoms. The van der Waals surface area contributed by atoms with E-state index in [1.165, 1.54) is 6.92 Å². The van der Waals surface area contributed by atoms with Crippen molar-refractivity contribution in [2.75, 3.05) is 59.4 Å². The first-order chi connectivity index (χ1) is 13.5. The summed E-state index contributed by atoms with van der Waals surface area (Å²) in [6.45, 7) is 3.81. The molecule has 1 aliphatic heterocycles. The maximum Gasteiger partial charge on any atom is 0.217 e. The Kier molecular flexibility index (Phi) is 13.1. The van der Waals surface area contributed by atoms with Gasteiger partial charge in [-0.1, -0.05) is 0 Å². The molecule has 5 N–H and O–H groups in total. The molecule has 1 saturated heterocycles. The molecule has 0 aromatic heterocycles. The Morgan fingerprint density at radius 2 is 1.68 bits per heavy atom. The maximum absolute atomic E-state index is 11.4. The summed E-state index contributed by atoms with van der Waals surface area (Å²) < 4.78 is 26.9. The molecule has 164 valence electrons. The van der Waals surface area contributed by atoms with Gasteiger partial charge in [-0.25, -0.2) is 0 Å². The minimum absolute atomic E-state index is 0.125. The van der Waals surface area contributed by atoms with E-state index in [0.29, 0.717) is 45.9 Å². The van der Waals surface area contributed by atoms with E-state index >= 15 is 0 Å². The van der Waals surface area contributed by atoms with E-state index in [1.807, 2.05) is 0 Å². The Bertz CT molecular complexity index is 441. The summed E-state index contributed by atoms with van der Waals surface area (Å²) in [4.78, 5) is 22.8. The van der Waals surface area contributed by atoms with E-state index in [1.54, 1.807) is 0 Å². The first-order valence-electron chi connectivity index (χ1n) is 9.26. The maximum atomic E-state index is 11.4. The molecule has 0 saturated carbocycles. The number of hydrogen-bond acceptors (Lipinski definition) is 10. The van der Waals surface area contributed by atoms with Gasteiger partial charge >= 0.3 is 0 Å². The number of rotatable bonds is 15. The lowest BCUT2D eigenvalue weighted by molar-refractivity contribution is -0.256. The summed E-state index contributed by atoms with van der Waals surface area (Å²) in [7, 11) is 0. The van der Waals surface area contributed by atoms with Crippen LogP contribution in [0.4, 0.5) is 0 Å². The summed E-state index contributed by atoms with van der Waals surface area (Å²) in [5, 5.41) is 22.0.